The second-order valence-corrected chi connectivity index (χ2v) is 40.0. The van der Waals surface area contributed by atoms with Gasteiger partial charge in [-0.05, 0) is 281 Å². The summed E-state index contributed by atoms with van der Waals surface area (Å²) >= 11 is 0. The Balaban J connectivity index is 0.000000113. The van der Waals surface area contributed by atoms with Crippen LogP contribution >= 0.6 is 0 Å². The number of hydrogen-bond acceptors (Lipinski definition) is 9. The summed E-state index contributed by atoms with van der Waals surface area (Å²) in [5.74, 6) is -1.25. The quantitative estimate of drug-likeness (QED) is 0.119. The van der Waals surface area contributed by atoms with Crippen LogP contribution in [0.3, 0.4) is 0 Å². The summed E-state index contributed by atoms with van der Waals surface area (Å²) in [5.41, 5.74) is 24.7. The van der Waals surface area contributed by atoms with E-state index < -0.39 is 0 Å². The topological polar surface area (TPSA) is 112 Å². The fourth-order valence-electron chi connectivity index (χ4n) is 22.8. The van der Waals surface area contributed by atoms with Crippen molar-refractivity contribution >= 4 is 190 Å². The third-order valence-electron chi connectivity index (χ3n) is 29.6. The summed E-state index contributed by atoms with van der Waals surface area (Å²) < 4.78 is 0. The van der Waals surface area contributed by atoms with Gasteiger partial charge < -0.3 is 14.7 Å². The SMILES string of the molecule is CC(C)(C)c1ccc(N2c3ccccc3C(C)(C)c3c2ccc2cc(C=C4C(=O)c5cc6ccccc6cc5C4=O)ccc32)cc1.CC1(C)c2ccccc2N(c2ccc3ccccc3c2)c2ccc3cc(C=C4C(=O)c5cc6ccccc6cc5C4=O)ccc3c21.CC1(C)c2ccccc2N(c2cccc3ccccc23)c2ccc3cc(C=C4C(=O)c5cc6ccccc6cc5C4=O)ccc3c21. The van der Waals surface area contributed by atoms with Crippen LogP contribution in [0.25, 0.3) is 104 Å². The number of Topliss-reactive ketones (excluding diaryl/α,β-unsaturated/α-hetero) is 6. The third-order valence-corrected chi connectivity index (χ3v) is 29.6. The van der Waals surface area contributed by atoms with E-state index in [0.29, 0.717) is 33.4 Å². The van der Waals surface area contributed by atoms with E-state index >= 15 is 0 Å². The van der Waals surface area contributed by atoms with Crippen molar-refractivity contribution in [1.29, 1.82) is 0 Å². The van der Waals surface area contributed by atoms with Gasteiger partial charge in [-0.1, -0.05) is 323 Å². The van der Waals surface area contributed by atoms with E-state index in [9.17, 15) is 28.8 Å². The molecule has 0 bridgehead atoms. The predicted octanol–water partition coefficient (Wildman–Crippen LogP) is 32.3. The summed E-state index contributed by atoms with van der Waals surface area (Å²) in [4.78, 5) is 88.0. The Morgan fingerprint density at radius 3 is 0.848 bits per heavy atom. The van der Waals surface area contributed by atoms with Gasteiger partial charge in [-0.25, -0.2) is 0 Å². The number of ketones is 6. The highest BCUT2D eigenvalue weighted by Crippen LogP contribution is 2.59. The van der Waals surface area contributed by atoms with Crippen molar-refractivity contribution in [1.82, 2.24) is 0 Å². The van der Waals surface area contributed by atoms with Crippen LogP contribution in [0.5, 0.6) is 0 Å². The van der Waals surface area contributed by atoms with E-state index in [0.717, 1.165) is 115 Å². The van der Waals surface area contributed by atoms with Crippen molar-refractivity contribution < 1.29 is 28.8 Å². The summed E-state index contributed by atoms with van der Waals surface area (Å²) in [5, 5.41) is 17.3. The molecule has 0 N–H and O–H groups in total. The Morgan fingerprint density at radius 2 is 0.486 bits per heavy atom. The number of fused-ring (bicyclic) bond motifs is 20. The molecule has 0 aromatic heterocycles. The zero-order valence-corrected chi connectivity index (χ0v) is 77.9. The normalized spacial score (nSPS) is 15.0. The lowest BCUT2D eigenvalue weighted by Crippen LogP contribution is -2.31. The van der Waals surface area contributed by atoms with Gasteiger partial charge >= 0.3 is 0 Å². The van der Waals surface area contributed by atoms with Crippen LogP contribution in [0.2, 0.25) is 0 Å². The number of carbonyl (C=O) groups excluding carboxylic acids is 6. The minimum absolute atomic E-state index is 0.0755. The maximum Gasteiger partial charge on any atom is 0.197 e. The monoisotopic (exact) mass is 1780 g/mol. The zero-order chi connectivity index (χ0) is 94.3. The molecule has 0 amide bonds. The number of rotatable bonds is 6. The molecule has 9 heteroatoms. The average molecular weight is 1780 g/mol. The molecule has 3 heterocycles. The summed E-state index contributed by atoms with van der Waals surface area (Å²) in [6.07, 6.45) is 5.28. The van der Waals surface area contributed by atoms with Gasteiger partial charge in [0.2, 0.25) is 0 Å². The second-order valence-electron chi connectivity index (χ2n) is 40.0. The summed E-state index contributed by atoms with van der Waals surface area (Å²) in [6.45, 7) is 20.5. The van der Waals surface area contributed by atoms with E-state index in [1.165, 1.54) is 77.6 Å². The highest BCUT2D eigenvalue weighted by Gasteiger charge is 2.44. The van der Waals surface area contributed by atoms with Crippen molar-refractivity contribution in [2.75, 3.05) is 14.7 Å². The number of benzene rings is 20. The lowest BCUT2D eigenvalue weighted by molar-refractivity contribution is 0.0975. The number of anilines is 9. The Morgan fingerprint density at radius 1 is 0.210 bits per heavy atom. The van der Waals surface area contributed by atoms with Gasteiger partial charge in [0.05, 0.1) is 56.5 Å². The van der Waals surface area contributed by atoms with Crippen molar-refractivity contribution in [3.63, 3.8) is 0 Å². The smallest absolute Gasteiger partial charge is 0.197 e. The zero-order valence-electron chi connectivity index (χ0n) is 77.9. The molecule has 138 heavy (non-hydrogen) atoms. The highest BCUT2D eigenvalue weighted by molar-refractivity contribution is 6.44. The standard InChI is InChI=1S/2C43H29NO2.C43H35NO2/c1-43(2)36-15-7-8-16-38(36)44(37-17-9-13-27-10-5-6-14-31(27)37)39-21-19-30-22-26(18-20-32(30)40(39)43)23-35-41(45)33-24-28-11-3-4-12-29(28)25-34(33)42(35)46;1-43(2)37-13-7-8-14-38(37)44(32-18-16-27-9-3-4-10-28(27)23-32)39-20-17-31-21-26(15-19-33(31)40(39)43)22-36-41(45)34-24-29-11-5-6-12-30(29)25-35(34)42(36)46;1-42(2,3)30-16-18-31(19-17-30)44-37-13-9-8-12-36(37)43(4,5)39-32-20-14-26(22-29(32)15-21-38(39)44)23-35-40(45)33-24-27-10-6-7-11-28(27)25-34(33)41(35)46/h2*3-25H,1-2H3;6-25H,1-5H3. The fraction of sp³-hybridized carbons (Fsp3) is 0.101. The fourth-order valence-corrected chi connectivity index (χ4v) is 22.8. The molecular weight excluding hydrogens is 1690 g/mol. The number of hydrogen-bond donors (Lipinski definition) is 0. The molecule has 3 aliphatic carbocycles. The van der Waals surface area contributed by atoms with Crippen LogP contribution in [0, 0.1) is 0 Å². The lowest BCUT2D eigenvalue weighted by Gasteiger charge is -2.43. The third kappa shape index (κ3) is 13.4. The number of para-hydroxylation sites is 3. The molecule has 20 aromatic rings. The van der Waals surface area contributed by atoms with Crippen LogP contribution in [-0.2, 0) is 21.7 Å². The van der Waals surface area contributed by atoms with Gasteiger partial charge in [0.15, 0.2) is 34.7 Å². The molecule has 6 aliphatic rings. The molecule has 0 radical (unpaired) electrons. The first-order valence-corrected chi connectivity index (χ1v) is 47.3. The summed E-state index contributed by atoms with van der Waals surface area (Å²) in [7, 11) is 0. The minimum Gasteiger partial charge on any atom is -0.310 e. The lowest BCUT2D eigenvalue weighted by atomic mass is 9.71. The molecule has 9 nitrogen and oxygen atoms in total. The van der Waals surface area contributed by atoms with Crippen molar-refractivity contribution in [2.24, 2.45) is 0 Å². The van der Waals surface area contributed by atoms with Crippen molar-refractivity contribution in [2.45, 2.75) is 84.0 Å². The van der Waals surface area contributed by atoms with E-state index in [1.807, 2.05) is 127 Å². The second kappa shape index (κ2) is 31.6. The molecule has 20 aromatic carbocycles. The maximum absolute atomic E-state index is 13.5. The molecule has 0 saturated carbocycles. The Labute approximate surface area is 800 Å². The molecule has 0 fully saturated rings. The Hall–Kier alpha value is -16.9. The number of carbonyl (C=O) groups is 6. The predicted molar refractivity (Wildman–Crippen MR) is 568 cm³/mol. The molecular formula is C129H93N3O6. The van der Waals surface area contributed by atoms with Gasteiger partial charge in [-0.15, -0.1) is 0 Å². The molecule has 3 aliphatic heterocycles. The van der Waals surface area contributed by atoms with E-state index in [1.54, 1.807) is 18.2 Å². The molecule has 660 valence electrons. The molecule has 26 rings (SSSR count). The van der Waals surface area contributed by atoms with Crippen LogP contribution in [0.15, 0.2) is 399 Å². The average Bonchev–Trinajstić information content (AvgIpc) is 0.774. The summed E-state index contributed by atoms with van der Waals surface area (Å²) in [6, 6.07) is 132. The Bertz CT molecular complexity index is 8750. The number of nitrogens with zero attached hydrogens (tertiary/aromatic N) is 3. The first kappa shape index (κ1) is 84.1. The van der Waals surface area contributed by atoms with E-state index in [2.05, 4.69) is 332 Å². The van der Waals surface area contributed by atoms with Gasteiger partial charge in [-0.2, -0.15) is 0 Å². The van der Waals surface area contributed by atoms with Gasteiger partial charge in [0.1, 0.15) is 0 Å². The highest BCUT2D eigenvalue weighted by atomic mass is 16.2. The maximum atomic E-state index is 13.5. The van der Waals surface area contributed by atoms with E-state index in [4.69, 9.17) is 0 Å². The first-order chi connectivity index (χ1) is 66.8. The Kier molecular flexibility index (Phi) is 19.3. The van der Waals surface area contributed by atoms with Crippen LogP contribution in [0.1, 0.15) is 180 Å². The van der Waals surface area contributed by atoms with Crippen molar-refractivity contribution in [3.8, 4) is 0 Å². The molecule has 0 saturated heterocycles. The van der Waals surface area contributed by atoms with Gasteiger partial charge in [0.25, 0.3) is 0 Å². The number of allylic oxidation sites excluding steroid dienone is 3. The first-order valence-electron chi connectivity index (χ1n) is 47.3. The van der Waals surface area contributed by atoms with Crippen LogP contribution in [-0.4, -0.2) is 34.7 Å². The minimum atomic E-state index is -0.270. The van der Waals surface area contributed by atoms with Gasteiger partial charge in [-0.3, -0.25) is 28.8 Å². The van der Waals surface area contributed by atoms with Gasteiger partial charge in [0, 0.05) is 66.4 Å². The molecule has 0 atom stereocenters. The molecule has 0 unspecified atom stereocenters. The van der Waals surface area contributed by atoms with Crippen LogP contribution < -0.4 is 14.7 Å². The largest absolute Gasteiger partial charge is 0.310 e. The van der Waals surface area contributed by atoms with E-state index in [-0.39, 0.29) is 73.1 Å². The molecule has 0 spiro atoms. The van der Waals surface area contributed by atoms with Crippen LogP contribution in [0.4, 0.5) is 51.2 Å². The van der Waals surface area contributed by atoms with Crippen molar-refractivity contribution in [3.05, 3.63) is 488 Å².